The molecule has 0 radical (unpaired) electrons. The van der Waals surface area contributed by atoms with E-state index in [0.29, 0.717) is 6.54 Å². The quantitative estimate of drug-likeness (QED) is 0.739. The van der Waals surface area contributed by atoms with Crippen molar-refractivity contribution in [3.63, 3.8) is 0 Å². The number of hydrogen-bond acceptors (Lipinski definition) is 3. The van der Waals surface area contributed by atoms with Crippen molar-refractivity contribution in [1.29, 1.82) is 0 Å². The highest BCUT2D eigenvalue weighted by Gasteiger charge is 2.06. The van der Waals surface area contributed by atoms with E-state index in [1.54, 1.807) is 0 Å². The van der Waals surface area contributed by atoms with Crippen LogP contribution in [0.1, 0.15) is 36.7 Å². The zero-order valence-electron chi connectivity index (χ0n) is 8.64. The molecular formula is C10H14N2O3. The van der Waals surface area contributed by atoms with Crippen molar-refractivity contribution in [3.8, 4) is 0 Å². The first-order chi connectivity index (χ1) is 7.15. The van der Waals surface area contributed by atoms with Crippen LogP contribution in [0.3, 0.4) is 0 Å². The molecule has 5 heteroatoms. The van der Waals surface area contributed by atoms with Gasteiger partial charge in [-0.25, -0.2) is 9.48 Å². The van der Waals surface area contributed by atoms with E-state index in [-0.39, 0.29) is 11.3 Å². The molecule has 0 fully saturated rings. The molecule has 0 bridgehead atoms. The minimum atomic E-state index is -1.11. The molecular weight excluding hydrogens is 196 g/mol. The van der Waals surface area contributed by atoms with Crippen LogP contribution in [0.2, 0.25) is 0 Å². The summed E-state index contributed by atoms with van der Waals surface area (Å²) >= 11 is 0. The third-order valence-corrected chi connectivity index (χ3v) is 2.06. The zero-order chi connectivity index (χ0) is 11.3. The lowest BCUT2D eigenvalue weighted by Gasteiger charge is -2.03. The Balaban J connectivity index is 2.81. The number of carboxylic acid groups (broad SMARTS) is 1. The molecule has 0 aliphatic heterocycles. The number of aromatic carboxylic acids is 1. The third-order valence-electron chi connectivity index (χ3n) is 2.06. The van der Waals surface area contributed by atoms with Crippen LogP contribution in [0.25, 0.3) is 0 Å². The van der Waals surface area contributed by atoms with Crippen LogP contribution in [-0.2, 0) is 6.54 Å². The van der Waals surface area contributed by atoms with Gasteiger partial charge in [0.05, 0.1) is 0 Å². The first-order valence-electron chi connectivity index (χ1n) is 4.96. The average molecular weight is 210 g/mol. The van der Waals surface area contributed by atoms with Gasteiger partial charge >= 0.3 is 5.97 Å². The Morgan fingerprint density at radius 1 is 1.47 bits per heavy atom. The van der Waals surface area contributed by atoms with E-state index >= 15 is 0 Å². The predicted octanol–water partition coefficient (Wildman–Crippen LogP) is 1.13. The number of rotatable bonds is 5. The highest BCUT2D eigenvalue weighted by atomic mass is 16.4. The van der Waals surface area contributed by atoms with Gasteiger partial charge in [0.2, 0.25) is 0 Å². The maximum Gasteiger partial charge on any atom is 0.356 e. The van der Waals surface area contributed by atoms with Crippen LogP contribution >= 0.6 is 0 Å². The summed E-state index contributed by atoms with van der Waals surface area (Å²) in [6.07, 6.45) is 2.89. The molecule has 0 aliphatic rings. The molecule has 5 nitrogen and oxygen atoms in total. The van der Waals surface area contributed by atoms with E-state index in [9.17, 15) is 9.59 Å². The smallest absolute Gasteiger partial charge is 0.356 e. The van der Waals surface area contributed by atoms with Crippen LogP contribution in [0.15, 0.2) is 16.9 Å². The number of carbonyl (C=O) groups is 1. The Kier molecular flexibility index (Phi) is 4.03. The Morgan fingerprint density at radius 3 is 2.80 bits per heavy atom. The van der Waals surface area contributed by atoms with Gasteiger partial charge in [-0.3, -0.25) is 4.79 Å². The highest BCUT2D eigenvalue weighted by molar-refractivity contribution is 5.84. The SMILES string of the molecule is CCCCCn1nc(C(=O)O)ccc1=O. The lowest BCUT2D eigenvalue weighted by atomic mass is 10.2. The number of carboxylic acids is 1. The highest BCUT2D eigenvalue weighted by Crippen LogP contribution is 1.96. The van der Waals surface area contributed by atoms with Crippen molar-refractivity contribution in [1.82, 2.24) is 9.78 Å². The number of aryl methyl sites for hydroxylation is 1. The summed E-state index contributed by atoms with van der Waals surface area (Å²) in [5.74, 6) is -1.11. The maximum atomic E-state index is 11.3. The summed E-state index contributed by atoms with van der Waals surface area (Å²) in [5.41, 5.74) is -0.345. The van der Waals surface area contributed by atoms with Crippen LogP contribution in [0, 0.1) is 0 Å². The molecule has 0 amide bonds. The van der Waals surface area contributed by atoms with Crippen molar-refractivity contribution >= 4 is 5.97 Å². The van der Waals surface area contributed by atoms with Crippen LogP contribution in [0.4, 0.5) is 0 Å². The van der Waals surface area contributed by atoms with Crippen molar-refractivity contribution in [3.05, 3.63) is 28.2 Å². The monoisotopic (exact) mass is 210 g/mol. The van der Waals surface area contributed by atoms with Gasteiger partial charge in [0, 0.05) is 12.6 Å². The fourth-order valence-electron chi connectivity index (χ4n) is 1.23. The molecule has 1 rings (SSSR count). The summed E-state index contributed by atoms with van der Waals surface area (Å²) in [6, 6.07) is 2.46. The number of aromatic nitrogens is 2. The Hall–Kier alpha value is -1.65. The molecule has 0 spiro atoms. The molecule has 1 N–H and O–H groups in total. The minimum Gasteiger partial charge on any atom is -0.476 e. The molecule has 0 aromatic carbocycles. The first kappa shape index (κ1) is 11.4. The van der Waals surface area contributed by atoms with Gasteiger partial charge in [0.25, 0.3) is 5.56 Å². The normalized spacial score (nSPS) is 10.2. The molecule has 0 unspecified atom stereocenters. The maximum absolute atomic E-state index is 11.3. The molecule has 0 saturated carbocycles. The summed E-state index contributed by atoms with van der Waals surface area (Å²) in [4.78, 5) is 21.9. The van der Waals surface area contributed by atoms with Gasteiger partial charge in [-0.2, -0.15) is 5.10 Å². The number of unbranched alkanes of at least 4 members (excludes halogenated alkanes) is 2. The lowest BCUT2D eigenvalue weighted by molar-refractivity contribution is 0.0687. The van der Waals surface area contributed by atoms with E-state index in [0.717, 1.165) is 19.3 Å². The molecule has 1 aromatic heterocycles. The van der Waals surface area contributed by atoms with Crippen LogP contribution in [0.5, 0.6) is 0 Å². The van der Waals surface area contributed by atoms with E-state index in [1.165, 1.54) is 16.8 Å². The lowest BCUT2D eigenvalue weighted by Crippen LogP contribution is -2.24. The largest absolute Gasteiger partial charge is 0.476 e. The summed E-state index contributed by atoms with van der Waals surface area (Å²) in [6.45, 7) is 2.54. The second-order valence-electron chi connectivity index (χ2n) is 3.29. The molecule has 0 aliphatic carbocycles. The fourth-order valence-corrected chi connectivity index (χ4v) is 1.23. The van der Waals surface area contributed by atoms with Crippen molar-refractivity contribution in [2.24, 2.45) is 0 Å². The van der Waals surface area contributed by atoms with E-state index in [2.05, 4.69) is 12.0 Å². The summed E-state index contributed by atoms with van der Waals surface area (Å²) < 4.78 is 1.21. The predicted molar refractivity (Wildman–Crippen MR) is 55.0 cm³/mol. The minimum absolute atomic E-state index is 0.0916. The molecule has 0 saturated heterocycles. The van der Waals surface area contributed by atoms with Gasteiger partial charge in [0.15, 0.2) is 5.69 Å². The summed E-state index contributed by atoms with van der Waals surface area (Å²) in [5, 5.41) is 12.4. The van der Waals surface area contributed by atoms with Crippen molar-refractivity contribution in [2.45, 2.75) is 32.7 Å². The van der Waals surface area contributed by atoms with Crippen LogP contribution < -0.4 is 5.56 Å². The summed E-state index contributed by atoms with van der Waals surface area (Å²) in [7, 11) is 0. The Bertz CT molecular complexity index is 398. The van der Waals surface area contributed by atoms with Gasteiger partial charge < -0.3 is 5.11 Å². The average Bonchev–Trinajstić information content (AvgIpc) is 2.20. The topological polar surface area (TPSA) is 72.2 Å². The Morgan fingerprint density at radius 2 is 2.20 bits per heavy atom. The first-order valence-corrected chi connectivity index (χ1v) is 4.96. The van der Waals surface area contributed by atoms with E-state index in [1.807, 2.05) is 0 Å². The van der Waals surface area contributed by atoms with Gasteiger partial charge in [0.1, 0.15) is 0 Å². The second kappa shape index (κ2) is 5.29. The van der Waals surface area contributed by atoms with Crippen molar-refractivity contribution < 1.29 is 9.90 Å². The fraction of sp³-hybridized carbons (Fsp3) is 0.500. The zero-order valence-corrected chi connectivity index (χ0v) is 8.64. The third kappa shape index (κ3) is 3.19. The second-order valence-corrected chi connectivity index (χ2v) is 3.29. The van der Waals surface area contributed by atoms with E-state index in [4.69, 9.17) is 5.11 Å². The van der Waals surface area contributed by atoms with Crippen molar-refractivity contribution in [2.75, 3.05) is 0 Å². The van der Waals surface area contributed by atoms with Gasteiger partial charge in [-0.15, -0.1) is 0 Å². The van der Waals surface area contributed by atoms with Crippen LogP contribution in [-0.4, -0.2) is 20.9 Å². The molecule has 1 aromatic rings. The molecule has 1 heterocycles. The Labute approximate surface area is 87.4 Å². The molecule has 15 heavy (non-hydrogen) atoms. The number of hydrogen-bond donors (Lipinski definition) is 1. The molecule has 82 valence electrons. The van der Waals surface area contributed by atoms with Gasteiger partial charge in [-0.1, -0.05) is 19.8 Å². The number of nitrogens with zero attached hydrogens (tertiary/aromatic N) is 2. The molecule has 0 atom stereocenters. The standard InChI is InChI=1S/C10H14N2O3/c1-2-3-4-7-12-9(13)6-5-8(11-12)10(14)15/h5-6H,2-4,7H2,1H3,(H,14,15). The van der Waals surface area contributed by atoms with E-state index < -0.39 is 5.97 Å². The van der Waals surface area contributed by atoms with Gasteiger partial charge in [-0.05, 0) is 12.5 Å².